The highest BCUT2D eigenvalue weighted by Crippen LogP contribution is 2.23. The third-order valence-electron chi connectivity index (χ3n) is 4.83. The van der Waals surface area contributed by atoms with Crippen LogP contribution in [0.4, 0.5) is 0 Å². The fourth-order valence-corrected chi connectivity index (χ4v) is 3.45. The zero-order valence-corrected chi connectivity index (χ0v) is 12.5. The lowest BCUT2D eigenvalue weighted by Crippen LogP contribution is -2.53. The van der Waals surface area contributed by atoms with Crippen molar-refractivity contribution in [1.29, 1.82) is 0 Å². The van der Waals surface area contributed by atoms with E-state index in [-0.39, 0.29) is 0 Å². The standard InChI is InChI=1S/C15H31N3/c1-4-8-16-14-6-5-9-18(12-14)15-7-10-17(3)13(2)11-15/h13-16H,4-12H2,1-3H3. The molecule has 3 unspecified atom stereocenters. The number of nitrogens with zero attached hydrogens (tertiary/aromatic N) is 2. The SMILES string of the molecule is CCCNC1CCCN(C2CCN(C)C(C)C2)C1. The summed E-state index contributed by atoms with van der Waals surface area (Å²) in [5, 5.41) is 3.71. The highest BCUT2D eigenvalue weighted by molar-refractivity contribution is 4.87. The van der Waals surface area contributed by atoms with Gasteiger partial charge in [0.1, 0.15) is 0 Å². The molecule has 0 amide bonds. The Bertz CT molecular complexity index is 244. The lowest BCUT2D eigenvalue weighted by atomic mass is 9.94. The second kappa shape index (κ2) is 6.88. The minimum Gasteiger partial charge on any atom is -0.313 e. The maximum atomic E-state index is 3.71. The summed E-state index contributed by atoms with van der Waals surface area (Å²) in [6.07, 6.45) is 6.72. The molecule has 2 aliphatic heterocycles. The first-order valence-corrected chi connectivity index (χ1v) is 7.88. The molecule has 2 saturated heterocycles. The van der Waals surface area contributed by atoms with E-state index in [2.05, 4.69) is 36.0 Å². The third-order valence-corrected chi connectivity index (χ3v) is 4.83. The summed E-state index contributed by atoms with van der Waals surface area (Å²) in [4.78, 5) is 5.27. The summed E-state index contributed by atoms with van der Waals surface area (Å²) in [6, 6.07) is 2.34. The molecule has 106 valence electrons. The molecule has 2 heterocycles. The first kappa shape index (κ1) is 14.3. The molecule has 3 nitrogen and oxygen atoms in total. The predicted octanol–water partition coefficient (Wildman–Crippen LogP) is 1.93. The normalized spacial score (nSPS) is 35.8. The number of hydrogen-bond acceptors (Lipinski definition) is 3. The van der Waals surface area contributed by atoms with Crippen molar-refractivity contribution in [2.45, 2.75) is 64.1 Å². The average Bonchev–Trinajstić information content (AvgIpc) is 2.40. The Morgan fingerprint density at radius 2 is 2.06 bits per heavy atom. The van der Waals surface area contributed by atoms with E-state index in [4.69, 9.17) is 0 Å². The smallest absolute Gasteiger partial charge is 0.0195 e. The van der Waals surface area contributed by atoms with Crippen molar-refractivity contribution in [3.63, 3.8) is 0 Å². The fraction of sp³-hybridized carbons (Fsp3) is 1.00. The summed E-state index contributed by atoms with van der Waals surface area (Å²) in [6.45, 7) is 9.69. The van der Waals surface area contributed by atoms with E-state index in [1.54, 1.807) is 0 Å². The Balaban J connectivity index is 1.81. The highest BCUT2D eigenvalue weighted by atomic mass is 15.2. The fourth-order valence-electron chi connectivity index (χ4n) is 3.45. The predicted molar refractivity (Wildman–Crippen MR) is 78.0 cm³/mol. The number of piperidine rings is 2. The van der Waals surface area contributed by atoms with Gasteiger partial charge in [-0.05, 0) is 65.7 Å². The zero-order chi connectivity index (χ0) is 13.0. The summed E-state index contributed by atoms with van der Waals surface area (Å²) in [7, 11) is 2.27. The van der Waals surface area contributed by atoms with Crippen LogP contribution in [0.3, 0.4) is 0 Å². The van der Waals surface area contributed by atoms with Gasteiger partial charge in [-0.1, -0.05) is 6.92 Å². The van der Waals surface area contributed by atoms with Gasteiger partial charge in [-0.3, -0.25) is 4.90 Å². The van der Waals surface area contributed by atoms with Crippen molar-refractivity contribution in [3.05, 3.63) is 0 Å². The number of rotatable bonds is 4. The van der Waals surface area contributed by atoms with Crippen molar-refractivity contribution in [3.8, 4) is 0 Å². The Morgan fingerprint density at radius 3 is 2.78 bits per heavy atom. The van der Waals surface area contributed by atoms with Crippen LogP contribution >= 0.6 is 0 Å². The van der Waals surface area contributed by atoms with E-state index >= 15 is 0 Å². The average molecular weight is 253 g/mol. The quantitative estimate of drug-likeness (QED) is 0.826. The summed E-state index contributed by atoms with van der Waals surface area (Å²) in [5.41, 5.74) is 0. The maximum Gasteiger partial charge on any atom is 0.0195 e. The lowest BCUT2D eigenvalue weighted by Gasteiger charge is -2.44. The van der Waals surface area contributed by atoms with E-state index in [0.717, 1.165) is 18.1 Å². The summed E-state index contributed by atoms with van der Waals surface area (Å²) in [5.74, 6) is 0. The van der Waals surface area contributed by atoms with Crippen LogP contribution in [0.2, 0.25) is 0 Å². The molecule has 3 atom stereocenters. The van der Waals surface area contributed by atoms with Crippen LogP contribution in [-0.2, 0) is 0 Å². The first-order chi connectivity index (χ1) is 8.70. The van der Waals surface area contributed by atoms with Gasteiger partial charge < -0.3 is 10.2 Å². The molecule has 0 spiro atoms. The maximum absolute atomic E-state index is 3.71. The summed E-state index contributed by atoms with van der Waals surface area (Å²) >= 11 is 0. The van der Waals surface area contributed by atoms with E-state index in [1.165, 1.54) is 58.3 Å². The van der Waals surface area contributed by atoms with E-state index < -0.39 is 0 Å². The topological polar surface area (TPSA) is 18.5 Å². The van der Waals surface area contributed by atoms with Crippen LogP contribution in [-0.4, -0.2) is 61.2 Å². The highest BCUT2D eigenvalue weighted by Gasteiger charge is 2.30. The van der Waals surface area contributed by atoms with Crippen LogP contribution in [0, 0.1) is 0 Å². The van der Waals surface area contributed by atoms with Crippen LogP contribution < -0.4 is 5.32 Å². The molecule has 0 bridgehead atoms. The second-order valence-corrected chi connectivity index (χ2v) is 6.30. The number of likely N-dealkylation sites (tertiary alicyclic amines) is 2. The molecule has 2 aliphatic rings. The van der Waals surface area contributed by atoms with Crippen LogP contribution in [0.15, 0.2) is 0 Å². The van der Waals surface area contributed by atoms with Crippen LogP contribution in [0.5, 0.6) is 0 Å². The third kappa shape index (κ3) is 3.69. The van der Waals surface area contributed by atoms with Gasteiger partial charge in [-0.15, -0.1) is 0 Å². The van der Waals surface area contributed by atoms with Crippen molar-refractivity contribution < 1.29 is 0 Å². The lowest BCUT2D eigenvalue weighted by molar-refractivity contribution is 0.0644. The van der Waals surface area contributed by atoms with Gasteiger partial charge in [-0.25, -0.2) is 0 Å². The molecule has 18 heavy (non-hydrogen) atoms. The Kier molecular flexibility index (Phi) is 5.46. The first-order valence-electron chi connectivity index (χ1n) is 7.88. The molecular formula is C15H31N3. The second-order valence-electron chi connectivity index (χ2n) is 6.30. The molecule has 2 rings (SSSR count). The Morgan fingerprint density at radius 1 is 1.22 bits per heavy atom. The molecule has 0 aromatic carbocycles. The van der Waals surface area contributed by atoms with Crippen molar-refractivity contribution in [2.24, 2.45) is 0 Å². The van der Waals surface area contributed by atoms with Crippen molar-refractivity contribution in [1.82, 2.24) is 15.1 Å². The number of nitrogens with one attached hydrogen (secondary N) is 1. The molecule has 0 aromatic rings. The molecule has 0 radical (unpaired) electrons. The minimum atomic E-state index is 0.744. The molecule has 0 aromatic heterocycles. The van der Waals surface area contributed by atoms with Crippen molar-refractivity contribution >= 4 is 0 Å². The number of hydrogen-bond donors (Lipinski definition) is 1. The molecule has 0 saturated carbocycles. The van der Waals surface area contributed by atoms with Gasteiger partial charge in [0.2, 0.25) is 0 Å². The molecule has 3 heteroatoms. The monoisotopic (exact) mass is 253 g/mol. The van der Waals surface area contributed by atoms with Gasteiger partial charge in [0.05, 0.1) is 0 Å². The van der Waals surface area contributed by atoms with Crippen molar-refractivity contribution in [2.75, 3.05) is 33.2 Å². The van der Waals surface area contributed by atoms with Gasteiger partial charge in [-0.2, -0.15) is 0 Å². The van der Waals surface area contributed by atoms with Crippen LogP contribution in [0.1, 0.15) is 46.0 Å². The van der Waals surface area contributed by atoms with Gasteiger partial charge in [0.25, 0.3) is 0 Å². The van der Waals surface area contributed by atoms with Gasteiger partial charge in [0.15, 0.2) is 0 Å². The van der Waals surface area contributed by atoms with E-state index in [9.17, 15) is 0 Å². The van der Waals surface area contributed by atoms with Crippen LogP contribution in [0.25, 0.3) is 0 Å². The minimum absolute atomic E-state index is 0.744. The molecule has 1 N–H and O–H groups in total. The van der Waals surface area contributed by atoms with E-state index in [0.29, 0.717) is 0 Å². The molecular weight excluding hydrogens is 222 g/mol. The summed E-state index contributed by atoms with van der Waals surface area (Å²) < 4.78 is 0. The molecule has 2 fully saturated rings. The Labute approximate surface area is 113 Å². The van der Waals surface area contributed by atoms with E-state index in [1.807, 2.05) is 0 Å². The largest absolute Gasteiger partial charge is 0.313 e. The van der Waals surface area contributed by atoms with Gasteiger partial charge >= 0.3 is 0 Å². The Hall–Kier alpha value is -0.120. The van der Waals surface area contributed by atoms with Gasteiger partial charge in [0, 0.05) is 24.7 Å². The molecule has 0 aliphatic carbocycles. The zero-order valence-electron chi connectivity index (χ0n) is 12.5.